The monoisotopic (exact) mass is 132 g/mol. The molecule has 0 bridgehead atoms. The van der Waals surface area contributed by atoms with Gasteiger partial charge >= 0.3 is 6.03 Å². The average Bonchev–Trinajstić information content (AvgIpc) is 1.98. The lowest BCUT2D eigenvalue weighted by molar-refractivity contribution is -0.121. The van der Waals surface area contributed by atoms with Crippen LogP contribution in [0.1, 0.15) is 0 Å². The van der Waals surface area contributed by atoms with Gasteiger partial charge in [-0.15, -0.1) is 0 Å². The topological polar surface area (TPSA) is 49.4 Å². The Labute approximate surface area is 51.4 Å². The summed E-state index contributed by atoms with van der Waals surface area (Å²) in [5.74, 6) is -0.307. The van der Waals surface area contributed by atoms with E-state index >= 15 is 0 Å². The zero-order chi connectivity index (χ0) is 6.15. The molecule has 0 aliphatic carbocycles. The highest BCUT2D eigenvalue weighted by Crippen LogP contribution is 1.99. The van der Waals surface area contributed by atoms with Crippen molar-refractivity contribution in [2.24, 2.45) is 0 Å². The first-order valence-corrected chi connectivity index (χ1v) is 2.41. The minimum absolute atomic E-state index is 0.0718. The normalized spacial score (nSPS) is 19.4. The number of rotatable bonds is 0. The number of carbonyl (C=O) groups is 2. The molecule has 0 aromatic carbocycles. The molecule has 1 heterocycles. The minimum atomic E-state index is -0.446. The maximum Gasteiger partial charge on any atom is 0.334 e. The van der Waals surface area contributed by atoms with E-state index in [1.165, 1.54) is 0 Å². The third-order valence-electron chi connectivity index (χ3n) is 0.819. The van der Waals surface area contributed by atoms with E-state index in [4.69, 9.17) is 0 Å². The largest absolute Gasteiger partial charge is 0.334 e. The summed E-state index contributed by atoms with van der Waals surface area (Å²) in [7, 11) is 0. The highest BCUT2D eigenvalue weighted by molar-refractivity contribution is 7.79. The molecule has 1 rings (SSSR count). The number of urea groups is 1. The summed E-state index contributed by atoms with van der Waals surface area (Å²) in [5.41, 5.74) is 0. The molecule has 4 nitrogen and oxygen atoms in total. The lowest BCUT2D eigenvalue weighted by Gasteiger charge is -1.97. The molecule has 0 radical (unpaired) electrons. The molecule has 3 amide bonds. The predicted octanol–water partition coefficient (Wildman–Crippen LogP) is -0.617. The van der Waals surface area contributed by atoms with Crippen LogP contribution in [0.4, 0.5) is 4.79 Å². The molecule has 1 aliphatic heterocycles. The van der Waals surface area contributed by atoms with Crippen LogP contribution in [0.2, 0.25) is 0 Å². The summed E-state index contributed by atoms with van der Waals surface area (Å²) in [6, 6.07) is -0.446. The Kier molecular flexibility index (Phi) is 1.13. The van der Waals surface area contributed by atoms with Crippen LogP contribution >= 0.6 is 12.8 Å². The van der Waals surface area contributed by atoms with Crippen LogP contribution in [0.5, 0.6) is 0 Å². The Hall–Kier alpha value is -0.710. The van der Waals surface area contributed by atoms with Gasteiger partial charge in [-0.05, 0) is 0 Å². The molecule has 1 saturated heterocycles. The Balaban J connectivity index is 2.70. The molecule has 1 aliphatic rings. The Bertz CT molecular complexity index is 130. The second-order valence-electron chi connectivity index (χ2n) is 1.36. The van der Waals surface area contributed by atoms with Gasteiger partial charge in [-0.3, -0.25) is 4.79 Å². The molecule has 1 fully saturated rings. The van der Waals surface area contributed by atoms with E-state index in [0.29, 0.717) is 0 Å². The first kappa shape index (κ1) is 5.43. The maximum atomic E-state index is 10.4. The van der Waals surface area contributed by atoms with E-state index in [1.54, 1.807) is 0 Å². The van der Waals surface area contributed by atoms with Gasteiger partial charge < -0.3 is 5.32 Å². The van der Waals surface area contributed by atoms with E-state index in [1.807, 2.05) is 0 Å². The van der Waals surface area contributed by atoms with Gasteiger partial charge in [-0.1, -0.05) is 12.8 Å². The third kappa shape index (κ3) is 0.645. The number of imide groups is 1. The molecule has 8 heavy (non-hydrogen) atoms. The predicted molar refractivity (Wildman–Crippen MR) is 29.2 cm³/mol. The van der Waals surface area contributed by atoms with Gasteiger partial charge in [-0.2, -0.15) is 0 Å². The first-order valence-electron chi connectivity index (χ1n) is 2.01. The van der Waals surface area contributed by atoms with E-state index in [0.717, 1.165) is 4.31 Å². The fourth-order valence-electron chi connectivity index (χ4n) is 0.414. The lowest BCUT2D eigenvalue weighted by atomic mass is 10.7. The number of hydrogen-bond donors (Lipinski definition) is 2. The average molecular weight is 132 g/mol. The standard InChI is InChI=1S/C3H4N2O2S/c6-2-1-4-3(7)5(2)8/h8H,1H2,(H,4,7). The van der Waals surface area contributed by atoms with Crippen molar-refractivity contribution in [1.29, 1.82) is 0 Å². The van der Waals surface area contributed by atoms with Crippen molar-refractivity contribution < 1.29 is 9.59 Å². The number of nitrogens with zero attached hydrogens (tertiary/aromatic N) is 1. The summed E-state index contributed by atoms with van der Waals surface area (Å²) in [6.45, 7) is 0.0718. The summed E-state index contributed by atoms with van der Waals surface area (Å²) >= 11 is 3.55. The van der Waals surface area contributed by atoms with Crippen molar-refractivity contribution in [3.05, 3.63) is 0 Å². The lowest BCUT2D eigenvalue weighted by Crippen LogP contribution is -2.20. The Morgan fingerprint density at radius 1 is 1.62 bits per heavy atom. The minimum Gasteiger partial charge on any atom is -0.328 e. The molecule has 0 aromatic heterocycles. The number of amides is 3. The molecule has 0 aromatic rings. The van der Waals surface area contributed by atoms with E-state index in [2.05, 4.69) is 18.1 Å². The van der Waals surface area contributed by atoms with Gasteiger partial charge in [0.2, 0.25) is 0 Å². The van der Waals surface area contributed by atoms with E-state index in [-0.39, 0.29) is 12.5 Å². The van der Waals surface area contributed by atoms with Crippen molar-refractivity contribution in [1.82, 2.24) is 9.62 Å². The van der Waals surface area contributed by atoms with Crippen molar-refractivity contribution in [3.63, 3.8) is 0 Å². The number of carbonyl (C=O) groups excluding carboxylic acids is 2. The van der Waals surface area contributed by atoms with Gasteiger partial charge in [0.25, 0.3) is 5.91 Å². The van der Waals surface area contributed by atoms with Crippen molar-refractivity contribution in [2.75, 3.05) is 6.54 Å². The van der Waals surface area contributed by atoms with Crippen LogP contribution in [0.3, 0.4) is 0 Å². The van der Waals surface area contributed by atoms with Crippen molar-refractivity contribution >= 4 is 24.8 Å². The number of hydrogen-bond acceptors (Lipinski definition) is 3. The smallest absolute Gasteiger partial charge is 0.328 e. The molecule has 5 heteroatoms. The van der Waals surface area contributed by atoms with Gasteiger partial charge in [-0.25, -0.2) is 9.10 Å². The molecule has 1 N–H and O–H groups in total. The zero-order valence-electron chi connectivity index (χ0n) is 3.92. The second-order valence-corrected chi connectivity index (χ2v) is 1.76. The highest BCUT2D eigenvalue weighted by atomic mass is 32.1. The van der Waals surface area contributed by atoms with Crippen molar-refractivity contribution in [3.8, 4) is 0 Å². The van der Waals surface area contributed by atoms with Gasteiger partial charge in [0.15, 0.2) is 0 Å². The highest BCUT2D eigenvalue weighted by Gasteiger charge is 2.24. The summed E-state index contributed by atoms with van der Waals surface area (Å²) in [4.78, 5) is 20.7. The zero-order valence-corrected chi connectivity index (χ0v) is 4.81. The quantitative estimate of drug-likeness (QED) is 0.341. The van der Waals surface area contributed by atoms with Crippen LogP contribution < -0.4 is 5.32 Å². The third-order valence-corrected chi connectivity index (χ3v) is 1.22. The Morgan fingerprint density at radius 2 is 2.25 bits per heavy atom. The molecule has 44 valence electrons. The molecule has 0 spiro atoms. The summed E-state index contributed by atoms with van der Waals surface area (Å²) in [5, 5.41) is 2.28. The number of thiol groups is 1. The molecule has 0 unspecified atom stereocenters. The van der Waals surface area contributed by atoms with Gasteiger partial charge in [0.05, 0.1) is 0 Å². The van der Waals surface area contributed by atoms with Gasteiger partial charge in [0, 0.05) is 0 Å². The molecule has 0 atom stereocenters. The maximum absolute atomic E-state index is 10.4. The van der Waals surface area contributed by atoms with E-state index in [9.17, 15) is 9.59 Å². The first-order chi connectivity index (χ1) is 3.72. The fourth-order valence-corrected chi connectivity index (χ4v) is 0.556. The molecule has 0 saturated carbocycles. The summed E-state index contributed by atoms with van der Waals surface area (Å²) in [6.07, 6.45) is 0. The fraction of sp³-hybridized carbons (Fsp3) is 0.333. The molecular weight excluding hydrogens is 128 g/mol. The number of nitrogens with one attached hydrogen (secondary N) is 1. The molecular formula is C3H4N2O2S. The van der Waals surface area contributed by atoms with Crippen LogP contribution in [0.15, 0.2) is 0 Å². The Morgan fingerprint density at radius 3 is 2.38 bits per heavy atom. The van der Waals surface area contributed by atoms with Crippen LogP contribution in [-0.2, 0) is 4.79 Å². The van der Waals surface area contributed by atoms with Crippen LogP contribution in [0.25, 0.3) is 0 Å². The summed E-state index contributed by atoms with van der Waals surface area (Å²) < 4.78 is 0.750. The van der Waals surface area contributed by atoms with E-state index < -0.39 is 6.03 Å². The van der Waals surface area contributed by atoms with Crippen LogP contribution in [-0.4, -0.2) is 22.8 Å². The van der Waals surface area contributed by atoms with Gasteiger partial charge in [0.1, 0.15) is 6.54 Å². The second kappa shape index (κ2) is 1.66. The van der Waals surface area contributed by atoms with Crippen molar-refractivity contribution in [2.45, 2.75) is 0 Å². The SMILES string of the molecule is O=C1CNC(=O)N1S. The van der Waals surface area contributed by atoms with Crippen LogP contribution in [0, 0.1) is 0 Å².